The summed E-state index contributed by atoms with van der Waals surface area (Å²) in [5.41, 5.74) is -0.708. The molecule has 3 rings (SSSR count). The van der Waals surface area contributed by atoms with Crippen molar-refractivity contribution in [2.45, 2.75) is 13.1 Å². The Morgan fingerprint density at radius 1 is 1.35 bits per heavy atom. The molecule has 1 aliphatic rings. The van der Waals surface area contributed by atoms with Gasteiger partial charge >= 0.3 is 0 Å². The summed E-state index contributed by atoms with van der Waals surface area (Å²) >= 11 is 5.75. The maximum absolute atomic E-state index is 13.3. The Morgan fingerprint density at radius 2 is 2.08 bits per heavy atom. The molecule has 26 heavy (non-hydrogen) atoms. The molecule has 2 aromatic rings. The number of carbonyl (C=O) groups is 2. The number of aromatic nitrogens is 1. The van der Waals surface area contributed by atoms with Crippen LogP contribution < -0.4 is 10.7 Å². The van der Waals surface area contributed by atoms with Crippen LogP contribution in [0.2, 0.25) is 5.02 Å². The van der Waals surface area contributed by atoms with E-state index in [1.165, 1.54) is 40.9 Å². The van der Waals surface area contributed by atoms with E-state index in [2.05, 4.69) is 5.32 Å². The van der Waals surface area contributed by atoms with Crippen molar-refractivity contribution in [1.29, 1.82) is 0 Å². The highest BCUT2D eigenvalue weighted by Gasteiger charge is 2.30. The molecular formula is C17H15ClFN3O4. The molecule has 0 atom stereocenters. The third kappa shape index (κ3) is 3.03. The number of nitrogens with one attached hydrogen (secondary N) is 1. The molecule has 0 saturated heterocycles. The first kappa shape index (κ1) is 17.9. The van der Waals surface area contributed by atoms with E-state index < -0.39 is 28.8 Å². The number of hydrogen-bond acceptors (Lipinski definition) is 4. The summed E-state index contributed by atoms with van der Waals surface area (Å²) in [6.45, 7) is 0.716. The Bertz CT molecular complexity index is 973. The highest BCUT2D eigenvalue weighted by molar-refractivity contribution is 6.30. The zero-order chi connectivity index (χ0) is 19.0. The molecule has 9 heteroatoms. The van der Waals surface area contributed by atoms with Gasteiger partial charge < -0.3 is 19.9 Å². The molecule has 0 spiro atoms. The maximum atomic E-state index is 13.3. The van der Waals surface area contributed by atoms with Gasteiger partial charge in [-0.3, -0.25) is 14.4 Å². The van der Waals surface area contributed by atoms with Crippen LogP contribution in [0.25, 0.3) is 0 Å². The molecule has 0 radical (unpaired) electrons. The first-order valence-corrected chi connectivity index (χ1v) is 8.13. The average Bonchev–Trinajstić information content (AvgIpc) is 2.62. The predicted molar refractivity (Wildman–Crippen MR) is 91.9 cm³/mol. The highest BCUT2D eigenvalue weighted by atomic mass is 35.5. The number of rotatable bonds is 3. The summed E-state index contributed by atoms with van der Waals surface area (Å²) in [6.07, 6.45) is 1.26. The minimum absolute atomic E-state index is 0.0540. The second-order valence-corrected chi connectivity index (χ2v) is 6.22. The predicted octanol–water partition coefficient (Wildman–Crippen LogP) is 1.36. The lowest BCUT2D eigenvalue weighted by Crippen LogP contribution is -2.42. The Labute approximate surface area is 152 Å². The minimum Gasteiger partial charge on any atom is -0.503 e. The lowest BCUT2D eigenvalue weighted by molar-refractivity contribution is 0.0681. The quantitative estimate of drug-likeness (QED) is 0.842. The van der Waals surface area contributed by atoms with Crippen molar-refractivity contribution in [2.24, 2.45) is 0 Å². The Kier molecular flexibility index (Phi) is 4.69. The van der Waals surface area contributed by atoms with Gasteiger partial charge in [0, 0.05) is 32.9 Å². The van der Waals surface area contributed by atoms with Crippen LogP contribution in [-0.4, -0.2) is 40.0 Å². The van der Waals surface area contributed by atoms with Gasteiger partial charge in [0.1, 0.15) is 11.4 Å². The van der Waals surface area contributed by atoms with Crippen molar-refractivity contribution < 1.29 is 19.1 Å². The lowest BCUT2D eigenvalue weighted by atomic mass is 10.1. The van der Waals surface area contributed by atoms with Crippen molar-refractivity contribution >= 4 is 23.4 Å². The summed E-state index contributed by atoms with van der Waals surface area (Å²) in [5.74, 6) is -2.53. The fraction of sp³-hybridized carbons (Fsp3) is 0.235. The SMILES string of the molecule is CNC(=O)c1cn2c(c(O)c1=O)C(=O)N(Cc1ccc(F)c(Cl)c1)CC2. The Hall–Kier alpha value is -2.87. The molecule has 7 nitrogen and oxygen atoms in total. The zero-order valence-corrected chi connectivity index (χ0v) is 14.5. The number of aromatic hydroxyl groups is 1. The Balaban J connectivity index is 1.95. The van der Waals surface area contributed by atoms with Crippen molar-refractivity contribution in [3.05, 3.63) is 62.3 Å². The normalized spacial score (nSPS) is 13.5. The van der Waals surface area contributed by atoms with Crippen molar-refractivity contribution in [1.82, 2.24) is 14.8 Å². The fourth-order valence-electron chi connectivity index (χ4n) is 2.84. The summed E-state index contributed by atoms with van der Waals surface area (Å²) in [6, 6.07) is 4.13. The van der Waals surface area contributed by atoms with E-state index in [9.17, 15) is 23.9 Å². The van der Waals surface area contributed by atoms with Crippen LogP contribution in [0.1, 0.15) is 26.4 Å². The van der Waals surface area contributed by atoms with Crippen LogP contribution >= 0.6 is 11.6 Å². The van der Waals surface area contributed by atoms with E-state index >= 15 is 0 Å². The second kappa shape index (κ2) is 6.80. The molecule has 0 saturated carbocycles. The van der Waals surface area contributed by atoms with Gasteiger partial charge in [0.15, 0.2) is 11.4 Å². The molecule has 1 aliphatic heterocycles. The lowest BCUT2D eigenvalue weighted by Gasteiger charge is -2.30. The smallest absolute Gasteiger partial charge is 0.274 e. The van der Waals surface area contributed by atoms with E-state index in [-0.39, 0.29) is 35.9 Å². The number of halogens is 2. The monoisotopic (exact) mass is 379 g/mol. The van der Waals surface area contributed by atoms with Gasteiger partial charge in [-0.15, -0.1) is 0 Å². The van der Waals surface area contributed by atoms with Crippen LogP contribution in [-0.2, 0) is 13.1 Å². The molecule has 1 aromatic heterocycles. The molecule has 136 valence electrons. The molecule has 0 fully saturated rings. The van der Waals surface area contributed by atoms with Gasteiger partial charge in [-0.1, -0.05) is 17.7 Å². The summed E-state index contributed by atoms with van der Waals surface area (Å²) in [4.78, 5) is 38.0. The standard InChI is InChI=1S/C17H15ClFN3O4/c1-20-16(25)10-8-21-4-5-22(17(26)13(21)15(24)14(10)23)7-9-2-3-12(19)11(18)6-9/h2-3,6,8,24H,4-5,7H2,1H3,(H,20,25). The third-order valence-corrected chi connectivity index (χ3v) is 4.48. The summed E-state index contributed by atoms with van der Waals surface area (Å²) in [5, 5.41) is 12.4. The molecule has 1 aromatic carbocycles. The number of pyridine rings is 1. The number of carbonyl (C=O) groups excluding carboxylic acids is 2. The number of nitrogens with zero attached hydrogens (tertiary/aromatic N) is 2. The third-order valence-electron chi connectivity index (χ3n) is 4.19. The summed E-state index contributed by atoms with van der Waals surface area (Å²) in [7, 11) is 1.36. The van der Waals surface area contributed by atoms with Crippen molar-refractivity contribution in [3.63, 3.8) is 0 Å². The second-order valence-electron chi connectivity index (χ2n) is 5.82. The van der Waals surface area contributed by atoms with Gasteiger partial charge in [-0.2, -0.15) is 0 Å². The molecule has 2 heterocycles. The van der Waals surface area contributed by atoms with E-state index in [0.29, 0.717) is 5.56 Å². The molecule has 0 aliphatic carbocycles. The van der Waals surface area contributed by atoms with E-state index in [1.54, 1.807) is 0 Å². The number of hydrogen-bond donors (Lipinski definition) is 2. The number of benzene rings is 1. The van der Waals surface area contributed by atoms with Crippen LogP contribution in [0.15, 0.2) is 29.2 Å². The Morgan fingerprint density at radius 3 is 2.73 bits per heavy atom. The maximum Gasteiger partial charge on any atom is 0.274 e. The highest BCUT2D eigenvalue weighted by Crippen LogP contribution is 2.23. The molecule has 0 unspecified atom stereocenters. The first-order valence-electron chi connectivity index (χ1n) is 7.75. The van der Waals surface area contributed by atoms with Gasteiger partial charge in [0.25, 0.3) is 11.8 Å². The number of fused-ring (bicyclic) bond motifs is 1. The van der Waals surface area contributed by atoms with Crippen LogP contribution in [0.4, 0.5) is 4.39 Å². The van der Waals surface area contributed by atoms with Crippen molar-refractivity contribution in [2.75, 3.05) is 13.6 Å². The molecular weight excluding hydrogens is 365 g/mol. The van der Waals surface area contributed by atoms with Crippen molar-refractivity contribution in [3.8, 4) is 5.75 Å². The first-order chi connectivity index (χ1) is 12.3. The van der Waals surface area contributed by atoms with Gasteiger partial charge in [0.05, 0.1) is 5.02 Å². The van der Waals surface area contributed by atoms with E-state index in [4.69, 9.17) is 11.6 Å². The van der Waals surface area contributed by atoms with Crippen LogP contribution in [0.3, 0.4) is 0 Å². The van der Waals surface area contributed by atoms with Crippen LogP contribution in [0, 0.1) is 5.82 Å². The fourth-order valence-corrected chi connectivity index (χ4v) is 3.04. The summed E-state index contributed by atoms with van der Waals surface area (Å²) < 4.78 is 14.7. The molecule has 2 amide bonds. The topological polar surface area (TPSA) is 91.6 Å². The number of amides is 2. The van der Waals surface area contributed by atoms with Gasteiger partial charge in [0.2, 0.25) is 5.43 Å². The minimum atomic E-state index is -0.907. The zero-order valence-electron chi connectivity index (χ0n) is 13.8. The molecule has 2 N–H and O–H groups in total. The average molecular weight is 380 g/mol. The largest absolute Gasteiger partial charge is 0.503 e. The van der Waals surface area contributed by atoms with Gasteiger partial charge in [-0.25, -0.2) is 4.39 Å². The van der Waals surface area contributed by atoms with E-state index in [1.807, 2.05) is 0 Å². The van der Waals surface area contributed by atoms with Crippen LogP contribution in [0.5, 0.6) is 5.75 Å². The van der Waals surface area contributed by atoms with E-state index in [0.717, 1.165) is 0 Å². The molecule has 0 bridgehead atoms. The van der Waals surface area contributed by atoms with Gasteiger partial charge in [-0.05, 0) is 17.7 Å².